The Balaban J connectivity index is 3.23. The van der Waals surface area contributed by atoms with Gasteiger partial charge in [-0.05, 0) is 6.07 Å². The summed E-state index contributed by atoms with van der Waals surface area (Å²) in [4.78, 5) is 3.56. The summed E-state index contributed by atoms with van der Waals surface area (Å²) in [5.74, 6) is 0. The molecule has 6 nitrogen and oxygen atoms in total. The molecule has 0 saturated carbocycles. The van der Waals surface area contributed by atoms with Gasteiger partial charge in [0.25, 0.3) is 0 Å². The zero-order valence-corrected chi connectivity index (χ0v) is 9.14. The molecule has 1 heterocycles. The van der Waals surface area contributed by atoms with Crippen molar-refractivity contribution in [1.82, 2.24) is 9.29 Å². The van der Waals surface area contributed by atoms with Gasteiger partial charge in [0.1, 0.15) is 4.90 Å². The highest BCUT2D eigenvalue weighted by molar-refractivity contribution is 7.89. The molecule has 0 aliphatic heterocycles. The van der Waals surface area contributed by atoms with Gasteiger partial charge in [0.05, 0.1) is 0 Å². The molecule has 0 unspecified atom stereocenters. The fourth-order valence-electron chi connectivity index (χ4n) is 0.929. The molecule has 0 fully saturated rings. The molecule has 2 N–H and O–H groups in total. The van der Waals surface area contributed by atoms with Gasteiger partial charge in [-0.25, -0.2) is 12.7 Å². The molecular weight excluding hydrogens is 219 g/mol. The zero-order chi connectivity index (χ0) is 11.6. The van der Waals surface area contributed by atoms with Crippen LogP contribution >= 0.6 is 0 Å². The van der Waals surface area contributed by atoms with Crippen LogP contribution in [0.2, 0.25) is 0 Å². The first-order valence-electron chi connectivity index (χ1n) is 4.09. The Kier molecular flexibility index (Phi) is 3.45. The van der Waals surface area contributed by atoms with Crippen molar-refractivity contribution in [3.63, 3.8) is 0 Å². The summed E-state index contributed by atoms with van der Waals surface area (Å²) in [6.45, 7) is 0. The lowest BCUT2D eigenvalue weighted by molar-refractivity contribution is 0.425. The number of pyridine rings is 1. The van der Waals surface area contributed by atoms with Gasteiger partial charge in [0.15, 0.2) is 0 Å². The van der Waals surface area contributed by atoms with E-state index in [2.05, 4.69) is 4.98 Å². The molecule has 0 amide bonds. The van der Waals surface area contributed by atoms with Gasteiger partial charge in [-0.15, -0.1) is 0 Å². The number of nitrogens with zero attached hydrogens (tertiary/aromatic N) is 2. The van der Waals surface area contributed by atoms with Crippen molar-refractivity contribution in [2.45, 2.75) is 4.90 Å². The average Bonchev–Trinajstić information content (AvgIpc) is 2.17. The molecule has 0 aromatic carbocycles. The summed E-state index contributed by atoms with van der Waals surface area (Å²) in [7, 11) is -2.54. The van der Waals surface area contributed by atoms with E-state index < -0.39 is 17.1 Å². The van der Waals surface area contributed by atoms with E-state index in [4.69, 9.17) is 10.0 Å². The van der Waals surface area contributed by atoms with Gasteiger partial charge in [-0.1, -0.05) is 0 Å². The molecule has 15 heavy (non-hydrogen) atoms. The SMILES string of the molecule is CN(C)S(=O)(=O)c1cncc(B(O)O)c1. The van der Waals surface area contributed by atoms with E-state index in [1.54, 1.807) is 0 Å². The molecule has 0 atom stereocenters. The third-order valence-electron chi connectivity index (χ3n) is 1.81. The Morgan fingerprint density at radius 2 is 1.93 bits per heavy atom. The molecule has 0 saturated heterocycles. The molecule has 1 rings (SSSR count). The van der Waals surface area contributed by atoms with Crippen LogP contribution in [-0.4, -0.2) is 49.0 Å². The van der Waals surface area contributed by atoms with Crippen molar-refractivity contribution in [1.29, 1.82) is 0 Å². The zero-order valence-electron chi connectivity index (χ0n) is 8.32. The first kappa shape index (κ1) is 12.1. The van der Waals surface area contributed by atoms with Gasteiger partial charge in [0.2, 0.25) is 10.0 Å². The van der Waals surface area contributed by atoms with Gasteiger partial charge in [-0.2, -0.15) is 0 Å². The first-order chi connectivity index (χ1) is 6.85. The predicted octanol–water partition coefficient (Wildman–Crippen LogP) is -1.99. The van der Waals surface area contributed by atoms with E-state index in [1.807, 2.05) is 0 Å². The van der Waals surface area contributed by atoms with Gasteiger partial charge >= 0.3 is 7.12 Å². The average molecular weight is 230 g/mol. The number of hydrogen-bond donors (Lipinski definition) is 2. The normalized spacial score (nSPS) is 11.8. The van der Waals surface area contributed by atoms with Gasteiger partial charge in [0, 0.05) is 32.0 Å². The van der Waals surface area contributed by atoms with Crippen LogP contribution in [-0.2, 0) is 10.0 Å². The van der Waals surface area contributed by atoms with Crippen LogP contribution in [0.4, 0.5) is 0 Å². The second-order valence-electron chi connectivity index (χ2n) is 3.12. The Morgan fingerprint density at radius 1 is 1.33 bits per heavy atom. The molecule has 1 aromatic rings. The largest absolute Gasteiger partial charge is 0.490 e. The van der Waals surface area contributed by atoms with Crippen molar-refractivity contribution in [3.8, 4) is 0 Å². The second kappa shape index (κ2) is 4.27. The summed E-state index contributed by atoms with van der Waals surface area (Å²) < 4.78 is 24.3. The Bertz CT molecular complexity index is 446. The van der Waals surface area contributed by atoms with E-state index in [-0.39, 0.29) is 10.4 Å². The van der Waals surface area contributed by atoms with Gasteiger partial charge in [-0.3, -0.25) is 4.98 Å². The third-order valence-corrected chi connectivity index (χ3v) is 3.59. The highest BCUT2D eigenvalue weighted by Gasteiger charge is 2.20. The van der Waals surface area contributed by atoms with Crippen LogP contribution in [0.3, 0.4) is 0 Å². The van der Waals surface area contributed by atoms with Crippen molar-refractivity contribution in [3.05, 3.63) is 18.5 Å². The fraction of sp³-hybridized carbons (Fsp3) is 0.286. The van der Waals surface area contributed by atoms with E-state index in [0.717, 1.165) is 10.5 Å². The minimum atomic E-state index is -3.58. The summed E-state index contributed by atoms with van der Waals surface area (Å²) in [5, 5.41) is 17.7. The second-order valence-corrected chi connectivity index (χ2v) is 5.27. The number of hydrogen-bond acceptors (Lipinski definition) is 5. The quantitative estimate of drug-likeness (QED) is 0.587. The van der Waals surface area contributed by atoms with Crippen LogP contribution in [0.5, 0.6) is 0 Å². The maximum absolute atomic E-state index is 11.6. The molecule has 0 bridgehead atoms. The molecule has 0 aliphatic carbocycles. The summed E-state index contributed by atoms with van der Waals surface area (Å²) in [5.41, 5.74) is 0.0397. The number of rotatable bonds is 3. The summed E-state index contributed by atoms with van der Waals surface area (Å²) >= 11 is 0. The minimum Gasteiger partial charge on any atom is -0.423 e. The maximum Gasteiger partial charge on any atom is 0.490 e. The first-order valence-corrected chi connectivity index (χ1v) is 5.53. The molecular formula is C7H11BN2O4S. The number of sulfonamides is 1. The smallest absolute Gasteiger partial charge is 0.423 e. The molecule has 0 radical (unpaired) electrons. The Morgan fingerprint density at radius 3 is 2.40 bits per heavy atom. The van der Waals surface area contributed by atoms with E-state index in [9.17, 15) is 8.42 Å². The molecule has 82 valence electrons. The lowest BCUT2D eigenvalue weighted by Crippen LogP contribution is -2.32. The van der Waals surface area contributed by atoms with Crippen LogP contribution in [0.25, 0.3) is 0 Å². The molecule has 0 spiro atoms. The summed E-state index contributed by atoms with van der Waals surface area (Å²) in [6, 6.07) is 1.17. The summed E-state index contributed by atoms with van der Waals surface area (Å²) in [6.07, 6.45) is 2.35. The van der Waals surface area contributed by atoms with Gasteiger partial charge < -0.3 is 10.0 Å². The minimum absolute atomic E-state index is 0.0397. The predicted molar refractivity (Wildman–Crippen MR) is 54.9 cm³/mol. The molecule has 0 aliphatic rings. The van der Waals surface area contributed by atoms with Crippen LogP contribution in [0.15, 0.2) is 23.4 Å². The van der Waals surface area contributed by atoms with Crippen molar-refractivity contribution in [2.75, 3.05) is 14.1 Å². The Labute approximate surface area is 88.4 Å². The molecule has 1 aromatic heterocycles. The van der Waals surface area contributed by atoms with Crippen molar-refractivity contribution < 1.29 is 18.5 Å². The van der Waals surface area contributed by atoms with Crippen LogP contribution in [0.1, 0.15) is 0 Å². The highest BCUT2D eigenvalue weighted by Crippen LogP contribution is 2.09. The topological polar surface area (TPSA) is 90.7 Å². The van der Waals surface area contributed by atoms with Crippen LogP contribution in [0, 0.1) is 0 Å². The van der Waals surface area contributed by atoms with E-state index in [1.165, 1.54) is 26.4 Å². The lowest BCUT2D eigenvalue weighted by atomic mass is 9.82. The van der Waals surface area contributed by atoms with E-state index in [0.29, 0.717) is 0 Å². The maximum atomic E-state index is 11.6. The highest BCUT2D eigenvalue weighted by atomic mass is 32.2. The molecule has 8 heteroatoms. The monoisotopic (exact) mass is 230 g/mol. The fourth-order valence-corrected chi connectivity index (χ4v) is 1.83. The van der Waals surface area contributed by atoms with Crippen molar-refractivity contribution >= 4 is 22.6 Å². The Hall–Kier alpha value is -0.955. The lowest BCUT2D eigenvalue weighted by Gasteiger charge is -2.11. The van der Waals surface area contributed by atoms with Crippen LogP contribution < -0.4 is 5.46 Å². The van der Waals surface area contributed by atoms with E-state index >= 15 is 0 Å². The third kappa shape index (κ3) is 2.54. The number of aromatic nitrogens is 1. The standard InChI is InChI=1S/C7H11BN2O4S/c1-10(2)15(13,14)7-3-6(8(11)12)4-9-5-7/h3-5,11-12H,1-2H3. The van der Waals surface area contributed by atoms with Crippen molar-refractivity contribution in [2.24, 2.45) is 0 Å².